The summed E-state index contributed by atoms with van der Waals surface area (Å²) in [5.74, 6) is 6.31. The minimum Gasteiger partial charge on any atom is -0.479 e. The van der Waals surface area contributed by atoms with Crippen molar-refractivity contribution in [1.29, 1.82) is 0 Å². The average molecular weight is 255 g/mol. The van der Waals surface area contributed by atoms with Gasteiger partial charge in [0.2, 0.25) is 5.88 Å². The summed E-state index contributed by atoms with van der Waals surface area (Å²) in [6.45, 7) is 0. The van der Waals surface area contributed by atoms with Crippen molar-refractivity contribution in [2.24, 2.45) is 0 Å². The third kappa shape index (κ3) is 2.93. The molecule has 1 rings (SSSR count). The van der Waals surface area contributed by atoms with Gasteiger partial charge in [-0.3, -0.25) is 0 Å². The summed E-state index contributed by atoms with van der Waals surface area (Å²) in [4.78, 5) is 4.13. The van der Waals surface area contributed by atoms with Crippen molar-refractivity contribution in [3.63, 3.8) is 0 Å². The molecule has 1 aromatic rings. The molecule has 0 bridgehead atoms. The minimum absolute atomic E-state index is 0.427. The first-order valence-corrected chi connectivity index (χ1v) is 5.25. The quantitative estimate of drug-likeness (QED) is 0.647. The molecule has 4 heteroatoms. The standard InChI is InChI=1S/C10H11BrN2O/c1-14-10-9(12)6-5-8(13-10)4-2-3-7-11/h5-6H,3,7,12H2,1H3. The van der Waals surface area contributed by atoms with E-state index in [4.69, 9.17) is 10.5 Å². The summed E-state index contributed by atoms with van der Waals surface area (Å²) >= 11 is 3.30. The number of anilines is 1. The molecule has 0 saturated carbocycles. The summed E-state index contributed by atoms with van der Waals surface area (Å²) in [6.07, 6.45) is 0.800. The lowest BCUT2D eigenvalue weighted by atomic mass is 10.3. The van der Waals surface area contributed by atoms with Gasteiger partial charge in [-0.25, -0.2) is 4.98 Å². The maximum atomic E-state index is 5.61. The Kier molecular flexibility index (Phi) is 4.27. The summed E-state index contributed by atoms with van der Waals surface area (Å²) in [5.41, 5.74) is 6.82. The Bertz CT molecular complexity index is 368. The molecule has 14 heavy (non-hydrogen) atoms. The van der Waals surface area contributed by atoms with Crippen molar-refractivity contribution in [3.05, 3.63) is 17.8 Å². The van der Waals surface area contributed by atoms with Gasteiger partial charge in [-0.15, -0.1) is 0 Å². The Balaban J connectivity index is 2.86. The molecule has 0 radical (unpaired) electrons. The second-order valence-electron chi connectivity index (χ2n) is 2.54. The van der Waals surface area contributed by atoms with Crippen LogP contribution < -0.4 is 10.5 Å². The van der Waals surface area contributed by atoms with E-state index >= 15 is 0 Å². The molecular weight excluding hydrogens is 244 g/mol. The number of aromatic nitrogens is 1. The van der Waals surface area contributed by atoms with Crippen LogP contribution in [-0.4, -0.2) is 17.4 Å². The molecule has 0 aliphatic rings. The van der Waals surface area contributed by atoms with Gasteiger partial charge < -0.3 is 10.5 Å². The fourth-order valence-electron chi connectivity index (χ4n) is 0.885. The third-order valence-electron chi connectivity index (χ3n) is 1.52. The SMILES string of the molecule is COc1nc(C#CCCBr)ccc1N. The monoisotopic (exact) mass is 254 g/mol. The number of nitrogen functional groups attached to an aromatic ring is 1. The molecule has 3 nitrogen and oxygen atoms in total. The average Bonchev–Trinajstić information content (AvgIpc) is 2.21. The minimum atomic E-state index is 0.427. The third-order valence-corrected chi connectivity index (χ3v) is 1.92. The molecule has 0 fully saturated rings. The van der Waals surface area contributed by atoms with E-state index in [0.29, 0.717) is 17.3 Å². The van der Waals surface area contributed by atoms with Crippen LogP contribution in [0.15, 0.2) is 12.1 Å². The molecule has 0 aliphatic heterocycles. The second kappa shape index (κ2) is 5.51. The molecule has 0 spiro atoms. The van der Waals surface area contributed by atoms with Crippen molar-refractivity contribution < 1.29 is 4.74 Å². The first-order valence-electron chi connectivity index (χ1n) is 4.13. The zero-order chi connectivity index (χ0) is 10.4. The Morgan fingerprint density at radius 2 is 2.36 bits per heavy atom. The van der Waals surface area contributed by atoms with Gasteiger partial charge in [-0.05, 0) is 18.1 Å². The van der Waals surface area contributed by atoms with Crippen molar-refractivity contribution in [2.75, 3.05) is 18.2 Å². The first-order chi connectivity index (χ1) is 6.77. The molecule has 0 saturated heterocycles. The smallest absolute Gasteiger partial charge is 0.238 e. The predicted octanol–water partition coefficient (Wildman–Crippen LogP) is 1.81. The lowest BCUT2D eigenvalue weighted by molar-refractivity contribution is 0.400. The van der Waals surface area contributed by atoms with Gasteiger partial charge in [0, 0.05) is 11.8 Å². The highest BCUT2D eigenvalue weighted by atomic mass is 79.9. The fourth-order valence-corrected chi connectivity index (χ4v) is 1.08. The van der Waals surface area contributed by atoms with Crippen LogP contribution in [-0.2, 0) is 0 Å². The second-order valence-corrected chi connectivity index (χ2v) is 3.33. The first kappa shape index (κ1) is 10.9. The van der Waals surface area contributed by atoms with E-state index in [1.54, 1.807) is 12.1 Å². The van der Waals surface area contributed by atoms with E-state index in [1.807, 2.05) is 0 Å². The van der Waals surface area contributed by atoms with Gasteiger partial charge >= 0.3 is 0 Å². The lowest BCUT2D eigenvalue weighted by Gasteiger charge is -2.01. The molecule has 1 aromatic heterocycles. The van der Waals surface area contributed by atoms with Crippen LogP contribution in [0.4, 0.5) is 5.69 Å². The normalized spacial score (nSPS) is 9.00. The predicted molar refractivity (Wildman–Crippen MR) is 60.5 cm³/mol. The molecule has 74 valence electrons. The molecule has 0 unspecified atom stereocenters. The molecule has 0 aromatic carbocycles. The molecule has 0 aliphatic carbocycles. The summed E-state index contributed by atoms with van der Waals surface area (Å²) in [7, 11) is 1.54. The molecule has 2 N–H and O–H groups in total. The van der Waals surface area contributed by atoms with Crippen molar-refractivity contribution in [2.45, 2.75) is 6.42 Å². The van der Waals surface area contributed by atoms with E-state index in [2.05, 4.69) is 32.8 Å². The van der Waals surface area contributed by atoms with Gasteiger partial charge in [0.15, 0.2) is 0 Å². The van der Waals surface area contributed by atoms with Crippen LogP contribution in [0, 0.1) is 11.8 Å². The van der Waals surface area contributed by atoms with Crippen molar-refractivity contribution in [1.82, 2.24) is 4.98 Å². The topological polar surface area (TPSA) is 48.1 Å². The Labute approximate surface area is 91.8 Å². The number of hydrogen-bond acceptors (Lipinski definition) is 3. The summed E-state index contributed by atoms with van der Waals surface area (Å²) in [5, 5.41) is 0.867. The Morgan fingerprint density at radius 1 is 1.57 bits per heavy atom. The van der Waals surface area contributed by atoms with Crippen molar-refractivity contribution in [3.8, 4) is 17.7 Å². The van der Waals surface area contributed by atoms with E-state index in [0.717, 1.165) is 11.8 Å². The summed E-state index contributed by atoms with van der Waals surface area (Å²) < 4.78 is 4.98. The Morgan fingerprint density at radius 3 is 3.00 bits per heavy atom. The number of methoxy groups -OCH3 is 1. The molecule has 0 amide bonds. The van der Waals surface area contributed by atoms with Crippen LogP contribution in [0.3, 0.4) is 0 Å². The number of alkyl halides is 1. The number of ether oxygens (including phenoxy) is 1. The van der Waals surface area contributed by atoms with Crippen LogP contribution >= 0.6 is 15.9 Å². The highest BCUT2D eigenvalue weighted by Gasteiger charge is 1.99. The summed E-state index contributed by atoms with van der Waals surface area (Å²) in [6, 6.07) is 3.52. The van der Waals surface area contributed by atoms with E-state index < -0.39 is 0 Å². The van der Waals surface area contributed by atoms with Crippen LogP contribution in [0.5, 0.6) is 5.88 Å². The number of pyridine rings is 1. The van der Waals surface area contributed by atoms with Gasteiger partial charge in [0.1, 0.15) is 5.69 Å². The van der Waals surface area contributed by atoms with Crippen LogP contribution in [0.1, 0.15) is 12.1 Å². The Hall–Kier alpha value is -1.21. The largest absolute Gasteiger partial charge is 0.479 e. The maximum Gasteiger partial charge on any atom is 0.238 e. The zero-order valence-electron chi connectivity index (χ0n) is 7.88. The molecule has 0 atom stereocenters. The van der Waals surface area contributed by atoms with Crippen LogP contribution in [0.25, 0.3) is 0 Å². The van der Waals surface area contributed by atoms with Gasteiger partial charge in [0.05, 0.1) is 12.8 Å². The van der Waals surface area contributed by atoms with Crippen molar-refractivity contribution >= 4 is 21.6 Å². The highest BCUT2D eigenvalue weighted by molar-refractivity contribution is 9.09. The van der Waals surface area contributed by atoms with Gasteiger partial charge in [0.25, 0.3) is 0 Å². The number of nitrogens with two attached hydrogens (primary N) is 1. The number of nitrogens with zero attached hydrogens (tertiary/aromatic N) is 1. The fraction of sp³-hybridized carbons (Fsp3) is 0.300. The van der Waals surface area contributed by atoms with E-state index in [1.165, 1.54) is 7.11 Å². The van der Waals surface area contributed by atoms with E-state index in [-0.39, 0.29) is 0 Å². The number of rotatable bonds is 2. The molecule has 1 heterocycles. The highest BCUT2D eigenvalue weighted by Crippen LogP contribution is 2.16. The maximum absolute atomic E-state index is 5.61. The molecular formula is C10H11BrN2O. The van der Waals surface area contributed by atoms with E-state index in [9.17, 15) is 0 Å². The lowest BCUT2D eigenvalue weighted by Crippen LogP contribution is -1.96. The van der Waals surface area contributed by atoms with Gasteiger partial charge in [-0.1, -0.05) is 21.9 Å². The number of hydrogen-bond donors (Lipinski definition) is 1. The number of halogens is 1. The zero-order valence-corrected chi connectivity index (χ0v) is 9.47. The van der Waals surface area contributed by atoms with Crippen LogP contribution in [0.2, 0.25) is 0 Å². The van der Waals surface area contributed by atoms with Gasteiger partial charge in [-0.2, -0.15) is 0 Å².